The molecule has 2 aliphatic heterocycles. The van der Waals surface area contributed by atoms with Crippen molar-refractivity contribution < 1.29 is 14.3 Å². The predicted molar refractivity (Wildman–Crippen MR) is 120 cm³/mol. The Hall–Kier alpha value is -3.88. The molecule has 0 saturated carbocycles. The number of anilines is 1. The smallest absolute Gasteiger partial charge is 0.274 e. The molecular weight excluding hydrogens is 420 g/mol. The molecule has 0 bridgehead atoms. The molecule has 2 amide bonds. The van der Waals surface area contributed by atoms with Crippen molar-refractivity contribution in [3.63, 3.8) is 0 Å². The summed E-state index contributed by atoms with van der Waals surface area (Å²) in [5.41, 5.74) is 2.91. The zero-order valence-corrected chi connectivity index (χ0v) is 18.6. The molecule has 2 aromatic heterocycles. The summed E-state index contributed by atoms with van der Waals surface area (Å²) < 4.78 is 5.22. The number of amides is 2. The second kappa shape index (κ2) is 8.57. The van der Waals surface area contributed by atoms with Crippen LogP contribution in [-0.4, -0.2) is 50.3 Å². The Balaban J connectivity index is 1.45. The molecular formula is C24H24N6O3. The van der Waals surface area contributed by atoms with E-state index in [4.69, 9.17) is 14.7 Å². The van der Waals surface area contributed by atoms with Gasteiger partial charge in [0.15, 0.2) is 5.82 Å². The van der Waals surface area contributed by atoms with Gasteiger partial charge in [0.1, 0.15) is 17.3 Å². The predicted octanol–water partition coefficient (Wildman–Crippen LogP) is 2.65. The highest BCUT2D eigenvalue weighted by atomic mass is 16.5. The molecule has 0 aliphatic carbocycles. The van der Waals surface area contributed by atoms with Crippen molar-refractivity contribution in [2.75, 3.05) is 18.6 Å². The first-order valence-corrected chi connectivity index (χ1v) is 10.9. The summed E-state index contributed by atoms with van der Waals surface area (Å²) in [7, 11) is 1.62. The number of benzene rings is 1. The molecule has 33 heavy (non-hydrogen) atoms. The number of hydrogen-bond donors (Lipinski definition) is 0. The first-order valence-electron chi connectivity index (χ1n) is 10.9. The van der Waals surface area contributed by atoms with Gasteiger partial charge in [0.05, 0.1) is 32.3 Å². The van der Waals surface area contributed by atoms with Crippen molar-refractivity contribution in [2.24, 2.45) is 0 Å². The van der Waals surface area contributed by atoms with E-state index in [1.165, 1.54) is 12.4 Å². The third kappa shape index (κ3) is 3.90. The molecule has 168 valence electrons. The topological polar surface area (TPSA) is 101 Å². The maximum atomic E-state index is 13.1. The maximum Gasteiger partial charge on any atom is 0.274 e. The van der Waals surface area contributed by atoms with E-state index in [0.717, 1.165) is 35.4 Å². The number of carbonyl (C=O) groups is 2. The van der Waals surface area contributed by atoms with Crippen LogP contribution in [0, 0.1) is 6.92 Å². The summed E-state index contributed by atoms with van der Waals surface area (Å²) in [6.07, 6.45) is 6.42. The van der Waals surface area contributed by atoms with E-state index in [0.29, 0.717) is 30.4 Å². The lowest BCUT2D eigenvalue weighted by Crippen LogP contribution is -2.32. The molecule has 0 radical (unpaired) electrons. The Morgan fingerprint density at radius 3 is 2.73 bits per heavy atom. The molecule has 9 heteroatoms. The van der Waals surface area contributed by atoms with Crippen molar-refractivity contribution in [3.05, 3.63) is 71.2 Å². The van der Waals surface area contributed by atoms with Crippen LogP contribution in [0.15, 0.2) is 42.9 Å². The number of fused-ring (bicyclic) bond motifs is 1. The third-order valence-corrected chi connectivity index (χ3v) is 6.19. The van der Waals surface area contributed by atoms with Gasteiger partial charge in [-0.05, 0) is 37.5 Å². The van der Waals surface area contributed by atoms with Gasteiger partial charge in [0.25, 0.3) is 5.91 Å². The summed E-state index contributed by atoms with van der Waals surface area (Å²) in [6.45, 7) is 2.92. The Labute approximate surface area is 191 Å². The number of methoxy groups -OCH3 is 1. The quantitative estimate of drug-likeness (QED) is 0.596. The number of carbonyl (C=O) groups excluding carboxylic acids is 2. The summed E-state index contributed by atoms with van der Waals surface area (Å²) in [6, 6.07) is 7.38. The largest absolute Gasteiger partial charge is 0.497 e. The van der Waals surface area contributed by atoms with Crippen LogP contribution in [0.2, 0.25) is 0 Å². The van der Waals surface area contributed by atoms with Gasteiger partial charge in [-0.3, -0.25) is 19.5 Å². The van der Waals surface area contributed by atoms with E-state index in [2.05, 4.69) is 9.97 Å². The van der Waals surface area contributed by atoms with E-state index in [-0.39, 0.29) is 24.3 Å². The van der Waals surface area contributed by atoms with Crippen molar-refractivity contribution >= 4 is 17.6 Å². The zero-order chi connectivity index (χ0) is 22.9. The fourth-order valence-electron chi connectivity index (χ4n) is 4.46. The van der Waals surface area contributed by atoms with Gasteiger partial charge in [0.2, 0.25) is 5.91 Å². The van der Waals surface area contributed by atoms with Gasteiger partial charge in [-0.25, -0.2) is 15.0 Å². The monoisotopic (exact) mass is 444 g/mol. The lowest BCUT2D eigenvalue weighted by atomic mass is 10.1. The molecule has 4 heterocycles. The number of likely N-dealkylation sites (tertiary alicyclic amines) is 1. The van der Waals surface area contributed by atoms with Gasteiger partial charge in [-0.2, -0.15) is 0 Å². The van der Waals surface area contributed by atoms with Crippen molar-refractivity contribution in [1.82, 2.24) is 24.8 Å². The lowest BCUT2D eigenvalue weighted by Gasteiger charge is -2.25. The number of aryl methyl sites for hydroxylation is 1. The Morgan fingerprint density at radius 2 is 2.00 bits per heavy atom. The number of rotatable bonds is 5. The van der Waals surface area contributed by atoms with E-state index < -0.39 is 0 Å². The summed E-state index contributed by atoms with van der Waals surface area (Å²) in [5, 5.41) is 0. The zero-order valence-electron chi connectivity index (χ0n) is 18.6. The normalized spacial score (nSPS) is 17.4. The van der Waals surface area contributed by atoms with Gasteiger partial charge in [0, 0.05) is 30.2 Å². The van der Waals surface area contributed by atoms with Crippen molar-refractivity contribution in [1.29, 1.82) is 0 Å². The number of ether oxygens (including phenoxy) is 1. The third-order valence-electron chi connectivity index (χ3n) is 6.19. The van der Waals surface area contributed by atoms with Crippen LogP contribution in [0.25, 0.3) is 0 Å². The first-order chi connectivity index (χ1) is 16.0. The number of nitrogens with zero attached hydrogens (tertiary/aromatic N) is 6. The molecule has 5 rings (SSSR count). The van der Waals surface area contributed by atoms with Gasteiger partial charge in [-0.15, -0.1) is 0 Å². The molecule has 1 fully saturated rings. The lowest BCUT2D eigenvalue weighted by molar-refractivity contribution is -0.117. The average molecular weight is 444 g/mol. The van der Waals surface area contributed by atoms with E-state index in [1.807, 2.05) is 31.2 Å². The summed E-state index contributed by atoms with van der Waals surface area (Å²) >= 11 is 0. The molecule has 0 N–H and O–H groups in total. The number of aromatic nitrogens is 4. The second-order valence-corrected chi connectivity index (χ2v) is 8.22. The van der Waals surface area contributed by atoms with E-state index in [9.17, 15) is 9.59 Å². The second-order valence-electron chi connectivity index (χ2n) is 8.22. The first kappa shape index (κ1) is 21.0. The van der Waals surface area contributed by atoms with Crippen LogP contribution < -0.4 is 9.64 Å². The Morgan fingerprint density at radius 1 is 1.18 bits per heavy atom. The summed E-state index contributed by atoms with van der Waals surface area (Å²) in [5.74, 6) is 1.78. The molecule has 0 spiro atoms. The van der Waals surface area contributed by atoms with Crippen LogP contribution in [0.1, 0.15) is 52.0 Å². The van der Waals surface area contributed by atoms with Crippen LogP contribution in [0.5, 0.6) is 5.75 Å². The van der Waals surface area contributed by atoms with Gasteiger partial charge in [-0.1, -0.05) is 12.1 Å². The fraction of sp³-hybridized carbons (Fsp3) is 0.333. The molecule has 0 unspecified atom stereocenters. The molecule has 3 aromatic rings. The maximum absolute atomic E-state index is 13.1. The molecule has 1 aromatic carbocycles. The van der Waals surface area contributed by atoms with Crippen LogP contribution in [-0.2, 0) is 17.8 Å². The molecule has 1 atom stereocenters. The van der Waals surface area contributed by atoms with Crippen LogP contribution >= 0.6 is 0 Å². The van der Waals surface area contributed by atoms with E-state index >= 15 is 0 Å². The standard InChI is InChI=1S/C24H24N6O3/c1-15-18-12-21(31)30(14-16-5-7-17(33-2)8-6-16)23(18)28-22(27-15)20-4-3-11-29(20)24(32)19-13-25-9-10-26-19/h5-10,13,20H,3-4,11-12,14H2,1-2H3/t20-/m0/s1. The minimum Gasteiger partial charge on any atom is -0.497 e. The van der Waals surface area contributed by atoms with Crippen LogP contribution in [0.3, 0.4) is 0 Å². The minimum absolute atomic E-state index is 0.00529. The molecule has 2 aliphatic rings. The van der Waals surface area contributed by atoms with Gasteiger partial charge >= 0.3 is 0 Å². The highest BCUT2D eigenvalue weighted by molar-refractivity contribution is 6.00. The van der Waals surface area contributed by atoms with Crippen molar-refractivity contribution in [2.45, 2.75) is 38.8 Å². The number of hydrogen-bond acceptors (Lipinski definition) is 7. The average Bonchev–Trinajstić information content (AvgIpc) is 3.45. The minimum atomic E-state index is -0.262. The molecule has 9 nitrogen and oxygen atoms in total. The highest BCUT2D eigenvalue weighted by Crippen LogP contribution is 2.36. The van der Waals surface area contributed by atoms with Crippen LogP contribution in [0.4, 0.5) is 5.82 Å². The molecule has 1 saturated heterocycles. The summed E-state index contributed by atoms with van der Waals surface area (Å²) in [4.78, 5) is 47.1. The van der Waals surface area contributed by atoms with Crippen molar-refractivity contribution in [3.8, 4) is 5.75 Å². The highest BCUT2D eigenvalue weighted by Gasteiger charge is 2.37. The van der Waals surface area contributed by atoms with E-state index in [1.54, 1.807) is 23.1 Å². The van der Waals surface area contributed by atoms with Gasteiger partial charge < -0.3 is 9.64 Å². The SMILES string of the molecule is COc1ccc(CN2C(=O)Cc3c(C)nc([C@@H]4CCCN4C(=O)c4cnccn4)nc32)cc1. The fourth-order valence-corrected chi connectivity index (χ4v) is 4.46. The Bertz CT molecular complexity index is 1200. The Kier molecular flexibility index (Phi) is 5.45.